The van der Waals surface area contributed by atoms with E-state index in [4.69, 9.17) is 0 Å². The lowest BCUT2D eigenvalue weighted by molar-refractivity contribution is -0.137. The number of hydrogen-bond donors (Lipinski definition) is 0. The summed E-state index contributed by atoms with van der Waals surface area (Å²) in [7, 11) is 0. The lowest BCUT2D eigenvalue weighted by Gasteiger charge is -2.34. The molecule has 25 heavy (non-hydrogen) atoms. The number of rotatable bonds is 3. The van der Waals surface area contributed by atoms with E-state index in [1.54, 1.807) is 0 Å². The molecule has 0 spiro atoms. The average molecular weight is 344 g/mol. The first-order chi connectivity index (χ1) is 12.0. The highest BCUT2D eigenvalue weighted by Crippen LogP contribution is 2.39. The highest BCUT2D eigenvalue weighted by atomic mass is 19.4. The number of nitrogens with zero attached hydrogens (tertiary/aromatic N) is 2. The molecule has 1 aromatic heterocycles. The molecule has 1 aromatic carbocycles. The van der Waals surface area contributed by atoms with Gasteiger partial charge in [-0.2, -0.15) is 13.2 Å². The van der Waals surface area contributed by atoms with Gasteiger partial charge in [0.1, 0.15) is 0 Å². The van der Waals surface area contributed by atoms with E-state index in [-0.39, 0.29) is 0 Å². The Labute approximate surface area is 145 Å². The second-order valence-corrected chi connectivity index (χ2v) is 6.78. The quantitative estimate of drug-likeness (QED) is 0.786. The molecule has 1 fully saturated rings. The smallest absolute Gasteiger partial charge is 0.289 e. The van der Waals surface area contributed by atoms with Crippen molar-refractivity contribution < 1.29 is 13.2 Å². The number of benzene rings is 1. The van der Waals surface area contributed by atoms with Gasteiger partial charge in [0.15, 0.2) is 0 Å². The molecular formula is C20H19F3N2. The molecule has 0 N–H and O–H groups in total. The van der Waals surface area contributed by atoms with Gasteiger partial charge >= 0.3 is 6.18 Å². The Morgan fingerprint density at radius 1 is 1.04 bits per heavy atom. The summed E-state index contributed by atoms with van der Waals surface area (Å²) in [6, 6.07) is 13.8. The van der Waals surface area contributed by atoms with Crippen molar-refractivity contribution in [3.63, 3.8) is 0 Å². The highest BCUT2D eigenvalue weighted by Gasteiger charge is 2.37. The van der Waals surface area contributed by atoms with Gasteiger partial charge in [-0.25, -0.2) is 0 Å². The SMILES string of the molecule is FC(F)(F)c1ccc(C2=CC3CCC(C2)N3Cc2ccccc2)nc1. The fraction of sp³-hybridized carbons (Fsp3) is 0.350. The number of hydrogen-bond acceptors (Lipinski definition) is 2. The molecule has 0 radical (unpaired) electrons. The summed E-state index contributed by atoms with van der Waals surface area (Å²) >= 11 is 0. The number of aromatic nitrogens is 1. The Hall–Kier alpha value is -2.14. The Balaban J connectivity index is 1.53. The molecule has 0 amide bonds. The summed E-state index contributed by atoms with van der Waals surface area (Å²) in [5, 5.41) is 0. The van der Waals surface area contributed by atoms with Gasteiger partial charge in [-0.3, -0.25) is 9.88 Å². The topological polar surface area (TPSA) is 16.1 Å². The van der Waals surface area contributed by atoms with Gasteiger partial charge in [0.2, 0.25) is 0 Å². The van der Waals surface area contributed by atoms with E-state index in [2.05, 4.69) is 40.2 Å². The largest absolute Gasteiger partial charge is 0.417 e. The number of alkyl halides is 3. The molecule has 5 heteroatoms. The van der Waals surface area contributed by atoms with E-state index in [0.717, 1.165) is 43.6 Å². The van der Waals surface area contributed by atoms with Crippen molar-refractivity contribution in [3.8, 4) is 0 Å². The van der Waals surface area contributed by atoms with Crippen molar-refractivity contribution in [3.05, 3.63) is 71.6 Å². The van der Waals surface area contributed by atoms with Crippen LogP contribution in [0.1, 0.15) is 36.1 Å². The van der Waals surface area contributed by atoms with Crippen LogP contribution >= 0.6 is 0 Å². The summed E-state index contributed by atoms with van der Waals surface area (Å²) in [5.74, 6) is 0. The Kier molecular flexibility index (Phi) is 4.12. The fourth-order valence-electron chi connectivity index (χ4n) is 3.90. The van der Waals surface area contributed by atoms with Crippen LogP contribution in [0.4, 0.5) is 13.2 Å². The van der Waals surface area contributed by atoms with Gasteiger partial charge in [0.05, 0.1) is 11.3 Å². The van der Waals surface area contributed by atoms with Crippen molar-refractivity contribution in [1.82, 2.24) is 9.88 Å². The molecule has 2 unspecified atom stereocenters. The third-order valence-corrected chi connectivity index (χ3v) is 5.17. The summed E-state index contributed by atoms with van der Waals surface area (Å²) < 4.78 is 38.1. The fourth-order valence-corrected chi connectivity index (χ4v) is 3.90. The van der Waals surface area contributed by atoms with Crippen molar-refractivity contribution in [2.75, 3.05) is 0 Å². The second kappa shape index (κ2) is 6.30. The van der Waals surface area contributed by atoms with E-state index in [9.17, 15) is 13.2 Å². The van der Waals surface area contributed by atoms with E-state index in [1.807, 2.05) is 6.07 Å². The maximum absolute atomic E-state index is 12.7. The van der Waals surface area contributed by atoms with Crippen LogP contribution in [-0.2, 0) is 12.7 Å². The van der Waals surface area contributed by atoms with Crippen LogP contribution in [0.3, 0.4) is 0 Å². The van der Waals surface area contributed by atoms with Gasteiger partial charge in [0.25, 0.3) is 0 Å². The van der Waals surface area contributed by atoms with E-state index >= 15 is 0 Å². The van der Waals surface area contributed by atoms with Crippen LogP contribution in [-0.4, -0.2) is 22.0 Å². The number of halogens is 3. The average Bonchev–Trinajstić information content (AvgIpc) is 2.83. The van der Waals surface area contributed by atoms with Crippen molar-refractivity contribution in [2.45, 2.75) is 44.1 Å². The zero-order valence-corrected chi connectivity index (χ0v) is 13.7. The van der Waals surface area contributed by atoms with E-state index in [0.29, 0.717) is 17.8 Å². The summed E-state index contributed by atoms with van der Waals surface area (Å²) in [6.45, 7) is 0.917. The zero-order valence-electron chi connectivity index (χ0n) is 13.7. The first-order valence-electron chi connectivity index (χ1n) is 8.55. The van der Waals surface area contributed by atoms with Crippen LogP contribution in [0.2, 0.25) is 0 Å². The molecule has 2 aliphatic rings. The summed E-state index contributed by atoms with van der Waals surface area (Å²) in [6.07, 6.45) is 1.87. The Bertz CT molecular complexity index is 766. The molecule has 2 aromatic rings. The number of pyridine rings is 1. The molecule has 2 aliphatic heterocycles. The maximum atomic E-state index is 12.7. The third kappa shape index (κ3) is 3.33. The lowest BCUT2D eigenvalue weighted by atomic mass is 9.97. The normalized spacial score (nSPS) is 23.6. The molecular weight excluding hydrogens is 325 g/mol. The van der Waals surface area contributed by atoms with Crippen molar-refractivity contribution in [2.24, 2.45) is 0 Å². The first kappa shape index (κ1) is 16.3. The van der Waals surface area contributed by atoms with E-state index in [1.165, 1.54) is 11.6 Å². The van der Waals surface area contributed by atoms with Gasteiger partial charge in [-0.05, 0) is 42.5 Å². The molecule has 2 atom stereocenters. The van der Waals surface area contributed by atoms with Crippen LogP contribution in [0, 0.1) is 0 Å². The predicted molar refractivity (Wildman–Crippen MR) is 90.6 cm³/mol. The minimum atomic E-state index is -4.34. The predicted octanol–water partition coefficient (Wildman–Crippen LogP) is 4.92. The minimum Gasteiger partial charge on any atom is -0.289 e. The van der Waals surface area contributed by atoms with Crippen LogP contribution in [0.25, 0.3) is 5.57 Å². The minimum absolute atomic E-state index is 0.345. The van der Waals surface area contributed by atoms with Gasteiger partial charge in [-0.15, -0.1) is 0 Å². The van der Waals surface area contributed by atoms with Gasteiger partial charge < -0.3 is 0 Å². The molecule has 2 bridgehead atoms. The Morgan fingerprint density at radius 2 is 1.84 bits per heavy atom. The summed E-state index contributed by atoms with van der Waals surface area (Å²) in [5.41, 5.74) is 2.35. The van der Waals surface area contributed by atoms with E-state index < -0.39 is 11.7 Å². The van der Waals surface area contributed by atoms with Gasteiger partial charge in [0, 0.05) is 24.8 Å². The Morgan fingerprint density at radius 3 is 2.48 bits per heavy atom. The maximum Gasteiger partial charge on any atom is 0.417 e. The lowest BCUT2D eigenvalue weighted by Crippen LogP contribution is -2.37. The van der Waals surface area contributed by atoms with Crippen LogP contribution in [0.5, 0.6) is 0 Å². The molecule has 4 rings (SSSR count). The third-order valence-electron chi connectivity index (χ3n) is 5.17. The second-order valence-electron chi connectivity index (χ2n) is 6.78. The van der Waals surface area contributed by atoms with Crippen LogP contribution < -0.4 is 0 Å². The number of fused-ring (bicyclic) bond motifs is 2. The van der Waals surface area contributed by atoms with Crippen molar-refractivity contribution in [1.29, 1.82) is 0 Å². The standard InChI is InChI=1S/C20H19F3N2/c21-20(22,23)16-6-9-19(24-12-16)15-10-17-7-8-18(11-15)25(17)13-14-4-2-1-3-5-14/h1-6,9-10,12,17-18H,7-8,11,13H2. The highest BCUT2D eigenvalue weighted by molar-refractivity contribution is 5.65. The van der Waals surface area contributed by atoms with Gasteiger partial charge in [-0.1, -0.05) is 36.4 Å². The molecule has 0 saturated carbocycles. The zero-order chi connectivity index (χ0) is 17.4. The molecule has 130 valence electrons. The summed E-state index contributed by atoms with van der Waals surface area (Å²) in [4.78, 5) is 6.57. The van der Waals surface area contributed by atoms with Crippen molar-refractivity contribution >= 4 is 5.57 Å². The molecule has 3 heterocycles. The molecule has 1 saturated heterocycles. The monoisotopic (exact) mass is 344 g/mol. The first-order valence-corrected chi connectivity index (χ1v) is 8.55. The molecule has 2 nitrogen and oxygen atoms in total. The molecule has 0 aliphatic carbocycles. The van der Waals surface area contributed by atoms with Crippen LogP contribution in [0.15, 0.2) is 54.7 Å².